The zero-order chi connectivity index (χ0) is 14.3. The van der Waals surface area contributed by atoms with Crippen molar-refractivity contribution in [3.63, 3.8) is 0 Å². The van der Waals surface area contributed by atoms with Crippen LogP contribution in [0.25, 0.3) is 0 Å². The Kier molecular flexibility index (Phi) is 12.2. The van der Waals surface area contributed by atoms with Crippen molar-refractivity contribution < 1.29 is 23.8 Å². The Morgan fingerprint density at radius 3 is 1.89 bits per heavy atom. The number of hydrogen-bond donors (Lipinski definition) is 2. The predicted octanol–water partition coefficient (Wildman–Crippen LogP) is 0.292. The minimum atomic E-state index is -0.428. The van der Waals surface area contributed by atoms with Gasteiger partial charge in [-0.05, 0) is 12.8 Å². The molecule has 0 aliphatic rings. The molecule has 0 aromatic rings. The van der Waals surface area contributed by atoms with E-state index in [4.69, 9.17) is 9.47 Å². The summed E-state index contributed by atoms with van der Waals surface area (Å²) >= 11 is 0. The highest BCUT2D eigenvalue weighted by Gasteiger charge is 1.96. The smallest absolute Gasteiger partial charge is 0.406 e. The highest BCUT2D eigenvalue weighted by molar-refractivity contribution is 5.72. The molecule has 0 saturated heterocycles. The number of amides is 2. The summed E-state index contributed by atoms with van der Waals surface area (Å²) in [6.07, 6.45) is 1.10. The Balaban J connectivity index is 3.03. The molecule has 0 radical (unpaired) electrons. The lowest BCUT2D eigenvalue weighted by atomic mass is 10.4. The molecule has 7 heteroatoms. The summed E-state index contributed by atoms with van der Waals surface area (Å²) < 4.78 is 15.0. The molecule has 0 aliphatic heterocycles. The first-order valence-corrected chi connectivity index (χ1v) is 6.38. The lowest BCUT2D eigenvalue weighted by Crippen LogP contribution is -2.25. The predicted molar refractivity (Wildman–Crippen MR) is 70.0 cm³/mol. The van der Waals surface area contributed by atoms with Gasteiger partial charge in [0.05, 0.1) is 20.3 Å². The molecular weight excluding hydrogens is 252 g/mol. The fourth-order valence-electron chi connectivity index (χ4n) is 1.20. The van der Waals surface area contributed by atoms with E-state index in [1.807, 2.05) is 0 Å². The molecule has 0 aliphatic carbocycles. The second-order valence-electron chi connectivity index (χ2n) is 3.83. The molecule has 2 N–H and O–H groups in total. The largest absolute Gasteiger partial charge is 0.453 e. The number of rotatable bonds is 11. The number of ether oxygens (including phenoxy) is 3. The van der Waals surface area contributed by atoms with E-state index in [1.54, 1.807) is 0 Å². The van der Waals surface area contributed by atoms with E-state index < -0.39 is 6.09 Å². The van der Waals surface area contributed by atoms with E-state index in [1.165, 1.54) is 14.0 Å². The number of alkyl carbamates (subject to hydrolysis) is 1. The maximum Gasteiger partial charge on any atom is 0.406 e. The highest BCUT2D eigenvalue weighted by atomic mass is 16.5. The zero-order valence-corrected chi connectivity index (χ0v) is 11.7. The average molecular weight is 276 g/mol. The van der Waals surface area contributed by atoms with Crippen molar-refractivity contribution in [2.24, 2.45) is 0 Å². The van der Waals surface area contributed by atoms with Crippen LogP contribution in [0.5, 0.6) is 0 Å². The minimum Gasteiger partial charge on any atom is -0.453 e. The van der Waals surface area contributed by atoms with Gasteiger partial charge in [0.25, 0.3) is 0 Å². The second kappa shape index (κ2) is 13.1. The summed E-state index contributed by atoms with van der Waals surface area (Å²) in [4.78, 5) is 21.3. The summed E-state index contributed by atoms with van der Waals surface area (Å²) in [5.41, 5.74) is 0. The van der Waals surface area contributed by atoms with Crippen LogP contribution in [-0.2, 0) is 19.0 Å². The van der Waals surface area contributed by atoms with Crippen LogP contribution < -0.4 is 10.6 Å². The molecule has 19 heavy (non-hydrogen) atoms. The van der Waals surface area contributed by atoms with Gasteiger partial charge in [-0.3, -0.25) is 4.79 Å². The molecule has 7 nitrogen and oxygen atoms in total. The topological polar surface area (TPSA) is 85.9 Å². The van der Waals surface area contributed by atoms with E-state index in [0.717, 1.165) is 12.8 Å². The molecule has 0 spiro atoms. The van der Waals surface area contributed by atoms with Crippen molar-refractivity contribution in [1.29, 1.82) is 0 Å². The van der Waals surface area contributed by atoms with Gasteiger partial charge in [0.1, 0.15) is 0 Å². The molecule has 0 rings (SSSR count). The Morgan fingerprint density at radius 2 is 1.42 bits per heavy atom. The van der Waals surface area contributed by atoms with Crippen LogP contribution in [0.2, 0.25) is 0 Å². The number of carbonyl (C=O) groups excluding carboxylic acids is 2. The first-order chi connectivity index (χ1) is 9.16. The van der Waals surface area contributed by atoms with Crippen molar-refractivity contribution in [3.05, 3.63) is 0 Å². The quantitative estimate of drug-likeness (QED) is 0.530. The normalized spacial score (nSPS) is 10.0. The van der Waals surface area contributed by atoms with Crippen LogP contribution in [0, 0.1) is 0 Å². The van der Waals surface area contributed by atoms with Crippen LogP contribution in [0.1, 0.15) is 19.8 Å². The van der Waals surface area contributed by atoms with E-state index >= 15 is 0 Å². The van der Waals surface area contributed by atoms with Gasteiger partial charge in [0.2, 0.25) is 5.91 Å². The molecule has 2 amide bonds. The minimum absolute atomic E-state index is 0.0242. The maximum atomic E-state index is 10.7. The van der Waals surface area contributed by atoms with E-state index in [2.05, 4.69) is 15.4 Å². The van der Waals surface area contributed by atoms with Crippen LogP contribution >= 0.6 is 0 Å². The summed E-state index contributed by atoms with van der Waals surface area (Å²) in [5.74, 6) is -0.0242. The summed E-state index contributed by atoms with van der Waals surface area (Å²) in [5, 5.41) is 5.25. The highest BCUT2D eigenvalue weighted by Crippen LogP contribution is 1.85. The van der Waals surface area contributed by atoms with Crippen LogP contribution in [0.3, 0.4) is 0 Å². The molecule has 0 fully saturated rings. The fourth-order valence-corrected chi connectivity index (χ4v) is 1.20. The Bertz CT molecular complexity index is 248. The van der Waals surface area contributed by atoms with Crippen molar-refractivity contribution in [2.75, 3.05) is 46.6 Å². The number of hydrogen-bond acceptors (Lipinski definition) is 5. The van der Waals surface area contributed by atoms with Gasteiger partial charge in [0.15, 0.2) is 0 Å². The Hall–Kier alpha value is -1.34. The molecule has 0 heterocycles. The van der Waals surface area contributed by atoms with Gasteiger partial charge in [-0.1, -0.05) is 0 Å². The van der Waals surface area contributed by atoms with Gasteiger partial charge in [0, 0.05) is 33.2 Å². The van der Waals surface area contributed by atoms with Crippen molar-refractivity contribution >= 4 is 12.0 Å². The van der Waals surface area contributed by atoms with Crippen LogP contribution in [0.15, 0.2) is 0 Å². The van der Waals surface area contributed by atoms with Gasteiger partial charge in [-0.2, -0.15) is 0 Å². The van der Waals surface area contributed by atoms with Gasteiger partial charge >= 0.3 is 6.09 Å². The third-order valence-corrected chi connectivity index (χ3v) is 2.13. The van der Waals surface area contributed by atoms with Gasteiger partial charge in [-0.25, -0.2) is 4.79 Å². The number of carbonyl (C=O) groups is 2. The Morgan fingerprint density at radius 1 is 0.895 bits per heavy atom. The number of nitrogens with one attached hydrogen (secondary N) is 2. The second-order valence-corrected chi connectivity index (χ2v) is 3.83. The Labute approximate surface area is 114 Å². The molecule has 112 valence electrons. The fraction of sp³-hybridized carbons (Fsp3) is 0.833. The molecule has 0 aromatic heterocycles. The third-order valence-electron chi connectivity index (χ3n) is 2.13. The molecule has 0 atom stereocenters. The summed E-state index contributed by atoms with van der Waals surface area (Å²) in [6.45, 7) is 4.89. The molecule has 0 unspecified atom stereocenters. The van der Waals surface area contributed by atoms with Gasteiger partial charge in [-0.15, -0.1) is 0 Å². The molecular formula is C12H24N2O5. The lowest BCUT2D eigenvalue weighted by molar-refractivity contribution is -0.119. The van der Waals surface area contributed by atoms with E-state index in [-0.39, 0.29) is 5.91 Å². The van der Waals surface area contributed by atoms with Crippen molar-refractivity contribution in [2.45, 2.75) is 19.8 Å². The summed E-state index contributed by atoms with van der Waals surface area (Å²) in [7, 11) is 1.33. The van der Waals surface area contributed by atoms with Crippen LogP contribution in [0.4, 0.5) is 4.79 Å². The van der Waals surface area contributed by atoms with E-state index in [0.29, 0.717) is 39.5 Å². The first-order valence-electron chi connectivity index (χ1n) is 6.38. The number of methoxy groups -OCH3 is 1. The van der Waals surface area contributed by atoms with Gasteiger partial charge < -0.3 is 24.8 Å². The SMILES string of the molecule is COC(=O)NCCCOCCOCCCNC(C)=O. The maximum absolute atomic E-state index is 10.7. The van der Waals surface area contributed by atoms with E-state index in [9.17, 15) is 9.59 Å². The molecule has 0 saturated carbocycles. The summed E-state index contributed by atoms with van der Waals surface area (Å²) in [6, 6.07) is 0. The third kappa shape index (κ3) is 14.6. The standard InChI is InChI=1S/C12H24N2O5/c1-11(15)13-5-3-7-18-9-10-19-8-4-6-14-12(16)17-2/h3-10H2,1-2H3,(H,13,15)(H,14,16). The first kappa shape index (κ1) is 17.7. The zero-order valence-electron chi connectivity index (χ0n) is 11.7. The molecule has 0 aromatic carbocycles. The lowest BCUT2D eigenvalue weighted by Gasteiger charge is -2.06. The average Bonchev–Trinajstić information content (AvgIpc) is 2.39. The monoisotopic (exact) mass is 276 g/mol. The van der Waals surface area contributed by atoms with Crippen LogP contribution in [-0.4, -0.2) is 58.6 Å². The molecule has 0 bridgehead atoms. The van der Waals surface area contributed by atoms with Crippen molar-refractivity contribution in [1.82, 2.24) is 10.6 Å². The van der Waals surface area contributed by atoms with Crippen molar-refractivity contribution in [3.8, 4) is 0 Å².